The van der Waals surface area contributed by atoms with Gasteiger partial charge in [0.2, 0.25) is 0 Å². The Bertz CT molecular complexity index is 523. The minimum absolute atomic E-state index is 0.698. The standard InChI is InChI=1S/C16H21N3/c1-13-11-16(7-6-14(13)8-9-17)19(2)12-15-5-3-4-10-18-15/h3-7,10-11H,8-9,12,17H2,1-2H3. The van der Waals surface area contributed by atoms with Crippen molar-refractivity contribution in [2.24, 2.45) is 5.73 Å². The Hall–Kier alpha value is -1.87. The summed E-state index contributed by atoms with van der Waals surface area (Å²) in [7, 11) is 2.09. The van der Waals surface area contributed by atoms with Crippen LogP contribution in [0.5, 0.6) is 0 Å². The summed E-state index contributed by atoms with van der Waals surface area (Å²) in [4.78, 5) is 6.57. The van der Waals surface area contributed by atoms with Gasteiger partial charge in [0.1, 0.15) is 0 Å². The highest BCUT2D eigenvalue weighted by atomic mass is 15.1. The molecular weight excluding hydrogens is 234 g/mol. The molecule has 3 heteroatoms. The molecule has 1 aromatic heterocycles. The van der Waals surface area contributed by atoms with Crippen molar-refractivity contribution in [1.29, 1.82) is 0 Å². The second kappa shape index (κ2) is 6.34. The predicted molar refractivity (Wildman–Crippen MR) is 80.3 cm³/mol. The maximum Gasteiger partial charge on any atom is 0.0598 e. The van der Waals surface area contributed by atoms with Crippen molar-refractivity contribution in [1.82, 2.24) is 4.98 Å². The van der Waals surface area contributed by atoms with Crippen molar-refractivity contribution in [2.75, 3.05) is 18.5 Å². The van der Waals surface area contributed by atoms with E-state index in [9.17, 15) is 0 Å². The van der Waals surface area contributed by atoms with Gasteiger partial charge in [-0.05, 0) is 55.3 Å². The van der Waals surface area contributed by atoms with E-state index in [1.807, 2.05) is 24.4 Å². The second-order valence-electron chi connectivity index (χ2n) is 4.83. The van der Waals surface area contributed by atoms with Gasteiger partial charge in [-0.25, -0.2) is 0 Å². The van der Waals surface area contributed by atoms with Crippen molar-refractivity contribution in [3.8, 4) is 0 Å². The average molecular weight is 255 g/mol. The third-order valence-electron chi connectivity index (χ3n) is 3.31. The average Bonchev–Trinajstić information content (AvgIpc) is 2.42. The van der Waals surface area contributed by atoms with E-state index in [0.717, 1.165) is 18.7 Å². The Labute approximate surface area is 115 Å². The highest BCUT2D eigenvalue weighted by Crippen LogP contribution is 2.19. The number of aromatic nitrogens is 1. The fraction of sp³-hybridized carbons (Fsp3) is 0.312. The van der Waals surface area contributed by atoms with E-state index >= 15 is 0 Å². The van der Waals surface area contributed by atoms with Gasteiger partial charge in [0.05, 0.1) is 12.2 Å². The molecule has 0 spiro atoms. The zero-order chi connectivity index (χ0) is 13.7. The molecule has 0 atom stereocenters. The van der Waals surface area contributed by atoms with Crippen molar-refractivity contribution in [3.05, 3.63) is 59.4 Å². The van der Waals surface area contributed by atoms with E-state index in [1.54, 1.807) is 0 Å². The Morgan fingerprint density at radius 3 is 2.68 bits per heavy atom. The molecule has 0 aliphatic heterocycles. The van der Waals surface area contributed by atoms with Gasteiger partial charge in [0.15, 0.2) is 0 Å². The van der Waals surface area contributed by atoms with E-state index in [-0.39, 0.29) is 0 Å². The monoisotopic (exact) mass is 255 g/mol. The van der Waals surface area contributed by atoms with Gasteiger partial charge in [-0.2, -0.15) is 0 Å². The molecule has 0 bridgehead atoms. The van der Waals surface area contributed by atoms with Crippen LogP contribution in [0.2, 0.25) is 0 Å². The molecule has 2 aromatic rings. The van der Waals surface area contributed by atoms with Gasteiger partial charge < -0.3 is 10.6 Å². The van der Waals surface area contributed by atoms with Crippen LogP contribution < -0.4 is 10.6 Å². The third-order valence-corrected chi connectivity index (χ3v) is 3.31. The minimum Gasteiger partial charge on any atom is -0.369 e. The zero-order valence-electron chi connectivity index (χ0n) is 11.6. The van der Waals surface area contributed by atoms with Gasteiger partial charge in [-0.15, -0.1) is 0 Å². The molecule has 100 valence electrons. The fourth-order valence-electron chi connectivity index (χ4n) is 2.18. The molecule has 3 nitrogen and oxygen atoms in total. The van der Waals surface area contributed by atoms with Gasteiger partial charge in [0, 0.05) is 18.9 Å². The first-order chi connectivity index (χ1) is 9.20. The lowest BCUT2D eigenvalue weighted by molar-refractivity contribution is 0.881. The molecular formula is C16H21N3. The van der Waals surface area contributed by atoms with Crippen LogP contribution in [0.1, 0.15) is 16.8 Å². The molecule has 0 amide bonds. The lowest BCUT2D eigenvalue weighted by atomic mass is 10.0. The first-order valence-electron chi connectivity index (χ1n) is 6.61. The van der Waals surface area contributed by atoms with Crippen LogP contribution in [0.4, 0.5) is 5.69 Å². The molecule has 0 aliphatic carbocycles. The number of anilines is 1. The van der Waals surface area contributed by atoms with Gasteiger partial charge in [0.25, 0.3) is 0 Å². The van der Waals surface area contributed by atoms with Crippen LogP contribution in [-0.2, 0) is 13.0 Å². The molecule has 0 saturated heterocycles. The zero-order valence-corrected chi connectivity index (χ0v) is 11.6. The highest BCUT2D eigenvalue weighted by Gasteiger charge is 2.05. The number of rotatable bonds is 5. The molecule has 19 heavy (non-hydrogen) atoms. The van der Waals surface area contributed by atoms with E-state index in [4.69, 9.17) is 5.73 Å². The fourth-order valence-corrected chi connectivity index (χ4v) is 2.18. The predicted octanol–water partition coefficient (Wildman–Crippen LogP) is 2.53. The molecule has 0 saturated carbocycles. The summed E-state index contributed by atoms with van der Waals surface area (Å²) in [5, 5.41) is 0. The Balaban J connectivity index is 2.11. The molecule has 0 unspecified atom stereocenters. The van der Waals surface area contributed by atoms with Crippen LogP contribution >= 0.6 is 0 Å². The smallest absolute Gasteiger partial charge is 0.0598 e. The number of hydrogen-bond acceptors (Lipinski definition) is 3. The summed E-state index contributed by atoms with van der Waals surface area (Å²) in [6.45, 7) is 3.66. The second-order valence-corrected chi connectivity index (χ2v) is 4.83. The summed E-state index contributed by atoms with van der Waals surface area (Å²) in [5.74, 6) is 0. The Kier molecular flexibility index (Phi) is 4.53. The first-order valence-corrected chi connectivity index (χ1v) is 6.61. The first kappa shape index (κ1) is 13.6. The highest BCUT2D eigenvalue weighted by molar-refractivity contribution is 5.50. The van der Waals surface area contributed by atoms with E-state index < -0.39 is 0 Å². The van der Waals surface area contributed by atoms with Crippen molar-refractivity contribution in [2.45, 2.75) is 19.9 Å². The van der Waals surface area contributed by atoms with Crippen LogP contribution in [0.25, 0.3) is 0 Å². The number of nitrogens with zero attached hydrogens (tertiary/aromatic N) is 2. The summed E-state index contributed by atoms with van der Waals surface area (Å²) in [6, 6.07) is 12.6. The number of benzene rings is 1. The molecule has 0 aliphatic rings. The topological polar surface area (TPSA) is 42.2 Å². The maximum absolute atomic E-state index is 5.61. The summed E-state index contributed by atoms with van der Waals surface area (Å²) >= 11 is 0. The van der Waals surface area contributed by atoms with Gasteiger partial charge >= 0.3 is 0 Å². The summed E-state index contributed by atoms with van der Waals surface area (Å²) < 4.78 is 0. The summed E-state index contributed by atoms with van der Waals surface area (Å²) in [5.41, 5.74) is 10.5. The van der Waals surface area contributed by atoms with E-state index in [1.165, 1.54) is 16.8 Å². The summed E-state index contributed by atoms with van der Waals surface area (Å²) in [6.07, 6.45) is 2.77. The molecule has 2 N–H and O–H groups in total. The molecule has 0 radical (unpaired) electrons. The van der Waals surface area contributed by atoms with Crippen LogP contribution in [0.3, 0.4) is 0 Å². The third kappa shape index (κ3) is 3.55. The Morgan fingerprint density at radius 2 is 2.05 bits per heavy atom. The lowest BCUT2D eigenvalue weighted by Crippen LogP contribution is -2.17. The molecule has 1 heterocycles. The minimum atomic E-state index is 0.698. The van der Waals surface area contributed by atoms with Gasteiger partial charge in [-0.1, -0.05) is 12.1 Å². The van der Waals surface area contributed by atoms with Crippen LogP contribution in [-0.4, -0.2) is 18.6 Å². The molecule has 1 aromatic carbocycles. The number of hydrogen-bond donors (Lipinski definition) is 1. The van der Waals surface area contributed by atoms with Crippen molar-refractivity contribution in [3.63, 3.8) is 0 Å². The lowest BCUT2D eigenvalue weighted by Gasteiger charge is -2.20. The van der Waals surface area contributed by atoms with Crippen molar-refractivity contribution >= 4 is 5.69 Å². The van der Waals surface area contributed by atoms with Crippen LogP contribution in [0, 0.1) is 6.92 Å². The molecule has 2 rings (SSSR count). The number of aryl methyl sites for hydroxylation is 1. The molecule has 0 fully saturated rings. The largest absolute Gasteiger partial charge is 0.369 e. The van der Waals surface area contributed by atoms with Gasteiger partial charge in [-0.3, -0.25) is 4.98 Å². The quantitative estimate of drug-likeness (QED) is 0.892. The normalized spacial score (nSPS) is 10.5. The van der Waals surface area contributed by atoms with E-state index in [0.29, 0.717) is 6.54 Å². The Morgan fingerprint density at radius 1 is 1.21 bits per heavy atom. The number of pyridine rings is 1. The number of nitrogens with two attached hydrogens (primary N) is 1. The van der Waals surface area contributed by atoms with E-state index in [2.05, 4.69) is 42.1 Å². The van der Waals surface area contributed by atoms with Crippen LogP contribution in [0.15, 0.2) is 42.6 Å². The van der Waals surface area contributed by atoms with Crippen molar-refractivity contribution < 1.29 is 0 Å². The SMILES string of the molecule is Cc1cc(N(C)Cc2ccccn2)ccc1CCN. The maximum atomic E-state index is 5.61.